The summed E-state index contributed by atoms with van der Waals surface area (Å²) >= 11 is 0. The molecule has 1 aromatic carbocycles. The highest BCUT2D eigenvalue weighted by atomic mass is 16.6. The van der Waals surface area contributed by atoms with E-state index in [1.54, 1.807) is 42.7 Å². The summed E-state index contributed by atoms with van der Waals surface area (Å²) in [6.07, 6.45) is 2.92. The van der Waals surface area contributed by atoms with Crippen molar-refractivity contribution >= 4 is 17.8 Å². The summed E-state index contributed by atoms with van der Waals surface area (Å²) in [5.41, 5.74) is 2.41. The highest BCUT2D eigenvalue weighted by Gasteiger charge is 2.18. The molecule has 0 aliphatic heterocycles. The van der Waals surface area contributed by atoms with Crippen LogP contribution in [-0.4, -0.2) is 32.8 Å². The predicted octanol–water partition coefficient (Wildman–Crippen LogP) is 4.31. The molecule has 3 aromatic rings. The second-order valence-electron chi connectivity index (χ2n) is 7.85. The first-order chi connectivity index (χ1) is 14.2. The maximum atomic E-state index is 12.5. The number of carbonyl (C=O) groups excluding carboxylic acids is 2. The number of carbonyl (C=O) groups is 2. The molecule has 1 atom stereocenters. The highest BCUT2D eigenvalue weighted by Crippen LogP contribution is 2.19. The Hall–Kier alpha value is -3.68. The number of amides is 2. The van der Waals surface area contributed by atoms with E-state index in [1.165, 1.54) is 0 Å². The molecule has 2 heterocycles. The van der Waals surface area contributed by atoms with Crippen LogP contribution in [0.1, 0.15) is 49.7 Å². The van der Waals surface area contributed by atoms with Crippen molar-refractivity contribution in [3.8, 4) is 11.3 Å². The van der Waals surface area contributed by atoms with Gasteiger partial charge in [0.1, 0.15) is 5.60 Å². The number of hydrogen-bond acceptors (Lipinski definition) is 5. The Balaban J connectivity index is 1.60. The third kappa shape index (κ3) is 5.66. The summed E-state index contributed by atoms with van der Waals surface area (Å²) in [5, 5.41) is 12.5. The topological polar surface area (TPSA) is 109 Å². The first kappa shape index (κ1) is 21.0. The van der Waals surface area contributed by atoms with E-state index in [-0.39, 0.29) is 11.9 Å². The monoisotopic (exact) mass is 407 g/mol. The van der Waals surface area contributed by atoms with Gasteiger partial charge in [-0.05, 0) is 57.5 Å². The minimum atomic E-state index is -0.561. The molecule has 8 heteroatoms. The maximum absolute atomic E-state index is 12.5. The van der Waals surface area contributed by atoms with Crippen LogP contribution < -0.4 is 10.6 Å². The van der Waals surface area contributed by atoms with E-state index >= 15 is 0 Å². The van der Waals surface area contributed by atoms with Crippen LogP contribution in [0.4, 0.5) is 10.6 Å². The Morgan fingerprint density at radius 3 is 2.50 bits per heavy atom. The van der Waals surface area contributed by atoms with Gasteiger partial charge in [-0.25, -0.2) is 4.79 Å². The van der Waals surface area contributed by atoms with Crippen molar-refractivity contribution in [1.29, 1.82) is 0 Å². The van der Waals surface area contributed by atoms with E-state index in [0.29, 0.717) is 11.4 Å². The van der Waals surface area contributed by atoms with Gasteiger partial charge >= 0.3 is 6.09 Å². The number of anilines is 1. The molecule has 0 saturated carbocycles. The molecule has 30 heavy (non-hydrogen) atoms. The lowest BCUT2D eigenvalue weighted by atomic mass is 10.1. The third-order valence-corrected chi connectivity index (χ3v) is 4.20. The molecule has 156 valence electrons. The summed E-state index contributed by atoms with van der Waals surface area (Å²) < 4.78 is 5.26. The van der Waals surface area contributed by atoms with E-state index in [1.807, 2.05) is 39.8 Å². The van der Waals surface area contributed by atoms with Gasteiger partial charge in [-0.1, -0.05) is 12.1 Å². The van der Waals surface area contributed by atoms with E-state index in [0.717, 1.165) is 16.8 Å². The summed E-state index contributed by atoms with van der Waals surface area (Å²) in [5.74, 6) is 0.140. The van der Waals surface area contributed by atoms with Crippen LogP contribution in [0, 0.1) is 0 Å². The van der Waals surface area contributed by atoms with E-state index in [2.05, 4.69) is 25.8 Å². The van der Waals surface area contributed by atoms with Crippen LogP contribution in [0.25, 0.3) is 11.3 Å². The first-order valence-corrected chi connectivity index (χ1v) is 9.58. The smallest absolute Gasteiger partial charge is 0.408 e. The Bertz CT molecular complexity index is 1010. The van der Waals surface area contributed by atoms with Gasteiger partial charge in [-0.2, -0.15) is 5.10 Å². The zero-order valence-electron chi connectivity index (χ0n) is 17.4. The van der Waals surface area contributed by atoms with Crippen LogP contribution >= 0.6 is 0 Å². The van der Waals surface area contributed by atoms with E-state index in [4.69, 9.17) is 4.74 Å². The highest BCUT2D eigenvalue weighted by molar-refractivity contribution is 6.04. The van der Waals surface area contributed by atoms with Crippen molar-refractivity contribution in [3.05, 3.63) is 66.0 Å². The molecule has 3 rings (SSSR count). The number of ether oxygens (including phenoxy) is 1. The van der Waals surface area contributed by atoms with Crippen molar-refractivity contribution in [1.82, 2.24) is 20.5 Å². The average molecular weight is 407 g/mol. The zero-order chi connectivity index (χ0) is 21.7. The number of nitrogens with one attached hydrogen (secondary N) is 3. The molecular weight excluding hydrogens is 382 g/mol. The lowest BCUT2D eigenvalue weighted by Gasteiger charge is -2.22. The molecule has 0 unspecified atom stereocenters. The third-order valence-electron chi connectivity index (χ3n) is 4.20. The Kier molecular flexibility index (Phi) is 6.15. The number of rotatable bonds is 5. The van der Waals surface area contributed by atoms with Gasteiger partial charge in [0, 0.05) is 29.6 Å². The molecule has 2 amide bonds. The number of H-pyrrole nitrogens is 1. The van der Waals surface area contributed by atoms with E-state index in [9.17, 15) is 9.59 Å². The largest absolute Gasteiger partial charge is 0.444 e. The van der Waals surface area contributed by atoms with Gasteiger partial charge in [0.25, 0.3) is 5.91 Å². The second-order valence-corrected chi connectivity index (χ2v) is 7.85. The fraction of sp³-hybridized carbons (Fsp3) is 0.273. The number of hydrogen-bond donors (Lipinski definition) is 3. The maximum Gasteiger partial charge on any atom is 0.408 e. The molecule has 0 bridgehead atoms. The van der Waals surface area contributed by atoms with Gasteiger partial charge < -0.3 is 15.4 Å². The summed E-state index contributed by atoms with van der Waals surface area (Å²) in [4.78, 5) is 28.5. The van der Waals surface area contributed by atoms with Gasteiger partial charge in [0.2, 0.25) is 0 Å². The van der Waals surface area contributed by atoms with Crippen molar-refractivity contribution in [3.63, 3.8) is 0 Å². The fourth-order valence-electron chi connectivity index (χ4n) is 2.74. The number of pyridine rings is 1. The van der Waals surface area contributed by atoms with E-state index < -0.39 is 11.7 Å². The number of nitrogens with zero attached hydrogens (tertiary/aromatic N) is 2. The summed E-state index contributed by atoms with van der Waals surface area (Å²) in [6.45, 7) is 7.28. The SMILES string of the molecule is C[C@H](NC(=O)OC(C)(C)C)c1ccc(C(=O)Nc2cc(-c3cccnc3)[nH]n2)cc1. The molecule has 0 radical (unpaired) electrons. The van der Waals surface area contributed by atoms with Gasteiger partial charge in [0.15, 0.2) is 5.82 Å². The number of aromatic amines is 1. The second kappa shape index (κ2) is 8.77. The van der Waals surface area contributed by atoms with Gasteiger partial charge in [-0.15, -0.1) is 0 Å². The van der Waals surface area contributed by atoms with Crippen LogP contribution in [0.2, 0.25) is 0 Å². The van der Waals surface area contributed by atoms with Gasteiger partial charge in [-0.3, -0.25) is 14.9 Å². The fourth-order valence-corrected chi connectivity index (χ4v) is 2.74. The Morgan fingerprint density at radius 2 is 1.87 bits per heavy atom. The summed E-state index contributed by atoms with van der Waals surface area (Å²) in [6, 6.07) is 12.2. The molecular formula is C22H25N5O3. The molecule has 0 spiro atoms. The number of alkyl carbamates (subject to hydrolysis) is 1. The lowest BCUT2D eigenvalue weighted by molar-refractivity contribution is 0.0507. The average Bonchev–Trinajstić information content (AvgIpc) is 3.15. The minimum absolute atomic E-state index is 0.259. The normalized spacial score (nSPS) is 12.1. The molecule has 2 aromatic heterocycles. The molecule has 0 fully saturated rings. The standard InChI is InChI=1S/C22H25N5O3/c1-14(24-21(29)30-22(2,3)4)15-7-9-16(10-8-15)20(28)25-19-12-18(26-27-19)17-6-5-11-23-13-17/h5-14H,1-4H3,(H,24,29)(H2,25,26,27,28)/t14-/m0/s1. The quantitative estimate of drug-likeness (QED) is 0.584. The lowest BCUT2D eigenvalue weighted by Crippen LogP contribution is -2.34. The Morgan fingerprint density at radius 1 is 1.13 bits per heavy atom. The first-order valence-electron chi connectivity index (χ1n) is 9.58. The van der Waals surface area contributed by atoms with Crippen LogP contribution in [-0.2, 0) is 4.74 Å². The number of aromatic nitrogens is 3. The summed E-state index contributed by atoms with van der Waals surface area (Å²) in [7, 11) is 0. The van der Waals surface area contributed by atoms with Crippen LogP contribution in [0.3, 0.4) is 0 Å². The van der Waals surface area contributed by atoms with Gasteiger partial charge in [0.05, 0.1) is 11.7 Å². The molecule has 8 nitrogen and oxygen atoms in total. The number of benzene rings is 1. The minimum Gasteiger partial charge on any atom is -0.444 e. The van der Waals surface area contributed by atoms with Crippen molar-refractivity contribution in [2.45, 2.75) is 39.3 Å². The van der Waals surface area contributed by atoms with Crippen LogP contribution in [0.15, 0.2) is 54.9 Å². The molecule has 0 saturated heterocycles. The molecule has 3 N–H and O–H groups in total. The van der Waals surface area contributed by atoms with Crippen LogP contribution in [0.5, 0.6) is 0 Å². The molecule has 0 aliphatic carbocycles. The molecule has 0 aliphatic rings. The zero-order valence-corrected chi connectivity index (χ0v) is 17.4. The van der Waals surface area contributed by atoms with Crippen molar-refractivity contribution in [2.75, 3.05) is 5.32 Å². The Labute approximate surface area is 175 Å². The van der Waals surface area contributed by atoms with Crippen molar-refractivity contribution < 1.29 is 14.3 Å². The van der Waals surface area contributed by atoms with Crippen molar-refractivity contribution in [2.24, 2.45) is 0 Å². The predicted molar refractivity (Wildman–Crippen MR) is 114 cm³/mol.